The fraction of sp³-hybridized carbons (Fsp3) is 0.778. The highest BCUT2D eigenvalue weighted by Crippen LogP contribution is 2.11. The van der Waals surface area contributed by atoms with Gasteiger partial charge >= 0.3 is 0 Å². The molecule has 0 aromatic rings. The van der Waals surface area contributed by atoms with Gasteiger partial charge < -0.3 is 14.8 Å². The molecular formula is C9H19NO3. The number of carbonyl (C=O) groups excluding carboxylic acids is 2. The second kappa shape index (κ2) is 7.73. The Morgan fingerprint density at radius 3 is 1.77 bits per heavy atom. The molecule has 0 aromatic carbocycles. The topological polar surface area (TPSA) is 55.4 Å². The van der Waals surface area contributed by atoms with Gasteiger partial charge in [0.2, 0.25) is 6.41 Å². The van der Waals surface area contributed by atoms with Crippen LogP contribution in [0.2, 0.25) is 0 Å². The van der Waals surface area contributed by atoms with Crippen molar-refractivity contribution in [3.63, 3.8) is 0 Å². The van der Waals surface area contributed by atoms with Crippen LogP contribution in [-0.4, -0.2) is 32.5 Å². The van der Waals surface area contributed by atoms with Crippen LogP contribution < -0.4 is 5.32 Å². The third-order valence-corrected chi connectivity index (χ3v) is 1.81. The summed E-state index contributed by atoms with van der Waals surface area (Å²) in [5, 5.41) is 2.46. The van der Waals surface area contributed by atoms with Crippen LogP contribution >= 0.6 is 0 Å². The van der Waals surface area contributed by atoms with Crippen LogP contribution in [-0.2, 0) is 14.3 Å². The molecule has 0 aromatic heterocycles. The lowest BCUT2D eigenvalue weighted by Crippen LogP contribution is -2.47. The Balaban J connectivity index is 0. The fourth-order valence-electron chi connectivity index (χ4n) is 0.464. The van der Waals surface area contributed by atoms with E-state index in [2.05, 4.69) is 10.1 Å². The zero-order valence-corrected chi connectivity index (χ0v) is 8.96. The predicted octanol–water partition coefficient (Wildman–Crippen LogP) is 0.609. The van der Waals surface area contributed by atoms with E-state index in [1.54, 1.807) is 21.1 Å². The maximum absolute atomic E-state index is 10.4. The molecule has 0 bridgehead atoms. The third kappa shape index (κ3) is 6.28. The Morgan fingerprint density at radius 1 is 1.31 bits per heavy atom. The fourth-order valence-corrected chi connectivity index (χ4v) is 0.464. The number of aldehydes is 1. The van der Waals surface area contributed by atoms with E-state index in [4.69, 9.17) is 0 Å². The van der Waals surface area contributed by atoms with Gasteiger partial charge in [-0.3, -0.25) is 4.79 Å². The molecule has 78 valence electrons. The van der Waals surface area contributed by atoms with E-state index in [1.165, 1.54) is 0 Å². The average Bonchev–Trinajstić information content (AvgIpc) is 2.06. The van der Waals surface area contributed by atoms with Crippen LogP contribution in [0.25, 0.3) is 0 Å². The Labute approximate surface area is 79.7 Å². The van der Waals surface area contributed by atoms with Gasteiger partial charge in [-0.15, -0.1) is 0 Å². The minimum Gasteiger partial charge on any atom is -0.388 e. The van der Waals surface area contributed by atoms with Crippen LogP contribution in [0.1, 0.15) is 20.8 Å². The van der Waals surface area contributed by atoms with E-state index < -0.39 is 5.54 Å². The lowest BCUT2D eigenvalue weighted by atomic mass is 9.90. The summed E-state index contributed by atoms with van der Waals surface area (Å²) in [5.74, 6) is 0.121. The molecule has 0 aliphatic carbocycles. The number of rotatable bonds is 4. The van der Waals surface area contributed by atoms with Crippen molar-refractivity contribution >= 4 is 12.7 Å². The number of carbonyl (C=O) groups is 2. The quantitative estimate of drug-likeness (QED) is 0.659. The number of hydrogen-bond acceptors (Lipinski definition) is 3. The van der Waals surface area contributed by atoms with Crippen molar-refractivity contribution < 1.29 is 14.3 Å². The maximum atomic E-state index is 10.4. The highest BCUT2D eigenvalue weighted by atomic mass is 16.4. The molecular weight excluding hydrogens is 170 g/mol. The molecule has 0 aliphatic rings. The van der Waals surface area contributed by atoms with E-state index in [9.17, 15) is 9.59 Å². The van der Waals surface area contributed by atoms with Crippen LogP contribution in [0.3, 0.4) is 0 Å². The van der Waals surface area contributed by atoms with Gasteiger partial charge in [-0.1, -0.05) is 13.8 Å². The van der Waals surface area contributed by atoms with Crippen molar-refractivity contribution in [2.24, 2.45) is 5.92 Å². The lowest BCUT2D eigenvalue weighted by Gasteiger charge is -2.26. The van der Waals surface area contributed by atoms with Crippen molar-refractivity contribution in [1.82, 2.24) is 5.32 Å². The first kappa shape index (κ1) is 14.6. The van der Waals surface area contributed by atoms with E-state index >= 15 is 0 Å². The van der Waals surface area contributed by atoms with Gasteiger partial charge in [0.25, 0.3) is 0 Å². The van der Waals surface area contributed by atoms with Crippen LogP contribution in [0, 0.1) is 5.92 Å². The number of methoxy groups -OCH3 is 1. The van der Waals surface area contributed by atoms with Gasteiger partial charge in [-0.25, -0.2) is 0 Å². The molecule has 4 heteroatoms. The molecule has 0 rings (SSSR count). The molecule has 0 saturated carbocycles. The zero-order valence-electron chi connectivity index (χ0n) is 8.96. The second-order valence-corrected chi connectivity index (χ2v) is 3.23. The zero-order chi connectivity index (χ0) is 10.9. The van der Waals surface area contributed by atoms with Gasteiger partial charge in [0.05, 0.1) is 5.54 Å². The average molecular weight is 189 g/mol. The molecule has 0 fully saturated rings. The standard InChI is InChI=1S/C7H13NO2.C2H6O/c1-6(2)7(3,4-9)8-5-10;1-3-2/h4-6H,1-3H3,(H,8,10);1-2H3. The highest BCUT2D eigenvalue weighted by molar-refractivity contribution is 5.69. The monoisotopic (exact) mass is 189 g/mol. The predicted molar refractivity (Wildman–Crippen MR) is 51.4 cm³/mol. The number of nitrogens with one attached hydrogen (secondary N) is 1. The Bertz CT molecular complexity index is 148. The summed E-state index contributed by atoms with van der Waals surface area (Å²) in [6.45, 7) is 5.45. The van der Waals surface area contributed by atoms with Gasteiger partial charge in [-0.05, 0) is 12.8 Å². The van der Waals surface area contributed by atoms with Crippen molar-refractivity contribution in [3.8, 4) is 0 Å². The third-order valence-electron chi connectivity index (χ3n) is 1.81. The van der Waals surface area contributed by atoms with E-state index in [-0.39, 0.29) is 5.92 Å². The minimum absolute atomic E-state index is 0.121. The molecule has 1 N–H and O–H groups in total. The summed E-state index contributed by atoms with van der Waals surface area (Å²) >= 11 is 0. The van der Waals surface area contributed by atoms with Gasteiger partial charge in [-0.2, -0.15) is 0 Å². The summed E-state index contributed by atoms with van der Waals surface area (Å²) in [6.07, 6.45) is 1.31. The van der Waals surface area contributed by atoms with Crippen molar-refractivity contribution in [1.29, 1.82) is 0 Å². The molecule has 0 aliphatic heterocycles. The SMILES string of the molecule is CC(C)C(C)(C=O)NC=O.COC. The lowest BCUT2D eigenvalue weighted by molar-refractivity contribution is -0.120. The summed E-state index contributed by atoms with van der Waals surface area (Å²) in [5.41, 5.74) is -0.707. The first-order valence-electron chi connectivity index (χ1n) is 4.06. The Morgan fingerprint density at radius 2 is 1.69 bits per heavy atom. The molecule has 0 saturated heterocycles. The van der Waals surface area contributed by atoms with Gasteiger partial charge in [0.1, 0.15) is 6.29 Å². The van der Waals surface area contributed by atoms with Crippen molar-refractivity contribution in [3.05, 3.63) is 0 Å². The maximum Gasteiger partial charge on any atom is 0.207 e. The summed E-state index contributed by atoms with van der Waals surface area (Å²) in [4.78, 5) is 20.5. The summed E-state index contributed by atoms with van der Waals surface area (Å²) in [6, 6.07) is 0. The first-order chi connectivity index (χ1) is 5.98. The first-order valence-corrected chi connectivity index (χ1v) is 4.06. The Kier molecular flexibility index (Phi) is 8.69. The van der Waals surface area contributed by atoms with E-state index in [0.29, 0.717) is 6.41 Å². The highest BCUT2D eigenvalue weighted by Gasteiger charge is 2.26. The largest absolute Gasteiger partial charge is 0.388 e. The second-order valence-electron chi connectivity index (χ2n) is 3.23. The van der Waals surface area contributed by atoms with E-state index in [0.717, 1.165) is 6.29 Å². The molecule has 0 radical (unpaired) electrons. The molecule has 13 heavy (non-hydrogen) atoms. The van der Waals surface area contributed by atoms with Crippen LogP contribution in [0.5, 0.6) is 0 Å². The summed E-state index contributed by atoms with van der Waals surface area (Å²) in [7, 11) is 3.25. The van der Waals surface area contributed by atoms with Gasteiger partial charge in [0, 0.05) is 14.2 Å². The molecule has 0 spiro atoms. The van der Waals surface area contributed by atoms with Gasteiger partial charge in [0.15, 0.2) is 0 Å². The molecule has 0 heterocycles. The summed E-state index contributed by atoms with van der Waals surface area (Å²) < 4.78 is 4.25. The van der Waals surface area contributed by atoms with Crippen LogP contribution in [0.4, 0.5) is 0 Å². The normalized spacial score (nSPS) is 13.7. The molecule has 1 atom stereocenters. The molecule has 4 nitrogen and oxygen atoms in total. The van der Waals surface area contributed by atoms with E-state index in [1.807, 2.05) is 13.8 Å². The molecule has 1 unspecified atom stereocenters. The van der Waals surface area contributed by atoms with Crippen molar-refractivity contribution in [2.45, 2.75) is 26.3 Å². The number of amides is 1. The molecule has 1 amide bonds. The number of hydrogen-bond donors (Lipinski definition) is 1. The Hall–Kier alpha value is -0.900. The van der Waals surface area contributed by atoms with Crippen molar-refractivity contribution in [2.75, 3.05) is 14.2 Å². The minimum atomic E-state index is -0.707. The van der Waals surface area contributed by atoms with Crippen LogP contribution in [0.15, 0.2) is 0 Å². The number of ether oxygens (including phenoxy) is 1. The smallest absolute Gasteiger partial charge is 0.207 e.